The maximum absolute atomic E-state index is 12.5. The zero-order chi connectivity index (χ0) is 21.9. The Morgan fingerprint density at radius 3 is 2.53 bits per heavy atom. The first-order valence-electron chi connectivity index (χ1n) is 10.6. The topological polar surface area (TPSA) is 69.0 Å². The number of carbonyl (C=O) groups excluding carboxylic acids is 1. The summed E-state index contributed by atoms with van der Waals surface area (Å²) in [6.45, 7) is 2.04. The number of aryl methyl sites for hydroxylation is 1. The highest BCUT2D eigenvalue weighted by molar-refractivity contribution is 5.94. The molecule has 158 valence electrons. The van der Waals surface area contributed by atoms with Gasteiger partial charge in [-0.25, -0.2) is 0 Å². The van der Waals surface area contributed by atoms with E-state index in [9.17, 15) is 4.79 Å². The first kappa shape index (κ1) is 19.8. The summed E-state index contributed by atoms with van der Waals surface area (Å²) < 4.78 is 5.78. The lowest BCUT2D eigenvalue weighted by atomic mass is 10.1. The van der Waals surface area contributed by atoms with E-state index < -0.39 is 0 Å². The van der Waals surface area contributed by atoms with Crippen molar-refractivity contribution in [3.8, 4) is 11.4 Å². The third kappa shape index (κ3) is 4.03. The lowest BCUT2D eigenvalue weighted by molar-refractivity contribution is -0.118. The standard InChI is InChI=1S/C26H22N4O2/c1-2-18-10-13-21(14-11-18)30-28-23-15-12-20(16-24(23)29-30)27-26(31)17-32-25-9-5-7-19-6-3-4-8-22(19)25/h3-16H,2,17H2,1H3,(H,27,31). The fraction of sp³-hybridized carbons (Fsp3) is 0.115. The molecule has 1 amide bonds. The number of carbonyl (C=O) groups is 1. The summed E-state index contributed by atoms with van der Waals surface area (Å²) in [5, 5.41) is 14.0. The number of ether oxygens (including phenoxy) is 1. The van der Waals surface area contributed by atoms with E-state index in [0.717, 1.165) is 28.4 Å². The van der Waals surface area contributed by atoms with Gasteiger partial charge in [-0.05, 0) is 53.8 Å². The van der Waals surface area contributed by atoms with E-state index in [1.807, 2.05) is 72.8 Å². The monoisotopic (exact) mass is 422 g/mol. The number of benzene rings is 4. The number of nitrogens with one attached hydrogen (secondary N) is 1. The third-order valence-corrected chi connectivity index (χ3v) is 5.35. The van der Waals surface area contributed by atoms with E-state index in [4.69, 9.17) is 4.74 Å². The smallest absolute Gasteiger partial charge is 0.262 e. The minimum Gasteiger partial charge on any atom is -0.483 e. The van der Waals surface area contributed by atoms with E-state index in [-0.39, 0.29) is 12.5 Å². The molecule has 6 heteroatoms. The van der Waals surface area contributed by atoms with Gasteiger partial charge in [0.15, 0.2) is 6.61 Å². The van der Waals surface area contributed by atoms with Crippen LogP contribution in [-0.4, -0.2) is 27.5 Å². The van der Waals surface area contributed by atoms with E-state index in [2.05, 4.69) is 34.6 Å². The van der Waals surface area contributed by atoms with Gasteiger partial charge in [0.25, 0.3) is 5.91 Å². The average Bonchev–Trinajstić information content (AvgIpc) is 3.26. The van der Waals surface area contributed by atoms with Gasteiger partial charge >= 0.3 is 0 Å². The molecule has 0 fully saturated rings. The van der Waals surface area contributed by atoms with Crippen molar-refractivity contribution in [2.24, 2.45) is 0 Å². The van der Waals surface area contributed by atoms with Crippen LogP contribution in [0.15, 0.2) is 84.9 Å². The van der Waals surface area contributed by atoms with Crippen molar-refractivity contribution in [2.45, 2.75) is 13.3 Å². The Bertz CT molecular complexity index is 1400. The van der Waals surface area contributed by atoms with Gasteiger partial charge in [0, 0.05) is 11.1 Å². The Balaban J connectivity index is 1.28. The second kappa shape index (κ2) is 8.51. The van der Waals surface area contributed by atoms with Gasteiger partial charge in [0.1, 0.15) is 16.8 Å². The summed E-state index contributed by atoms with van der Waals surface area (Å²) in [6.07, 6.45) is 0.988. The fourth-order valence-electron chi connectivity index (χ4n) is 3.63. The summed E-state index contributed by atoms with van der Waals surface area (Å²) in [5.41, 5.74) is 4.28. The maximum atomic E-state index is 12.5. The van der Waals surface area contributed by atoms with Crippen molar-refractivity contribution in [3.05, 3.63) is 90.5 Å². The van der Waals surface area contributed by atoms with Crippen LogP contribution < -0.4 is 10.1 Å². The van der Waals surface area contributed by atoms with E-state index >= 15 is 0 Å². The van der Waals surface area contributed by atoms with E-state index in [1.54, 1.807) is 4.80 Å². The molecule has 0 spiro atoms. The van der Waals surface area contributed by atoms with Crippen LogP contribution in [0.3, 0.4) is 0 Å². The van der Waals surface area contributed by atoms with Crippen LogP contribution >= 0.6 is 0 Å². The number of aromatic nitrogens is 3. The van der Waals surface area contributed by atoms with Gasteiger partial charge in [-0.2, -0.15) is 4.80 Å². The normalized spacial score (nSPS) is 11.0. The third-order valence-electron chi connectivity index (χ3n) is 5.35. The van der Waals surface area contributed by atoms with Crippen LogP contribution in [-0.2, 0) is 11.2 Å². The Kier molecular flexibility index (Phi) is 5.25. The van der Waals surface area contributed by atoms with Crippen LogP contribution in [0.4, 0.5) is 5.69 Å². The first-order valence-corrected chi connectivity index (χ1v) is 10.6. The van der Waals surface area contributed by atoms with Crippen molar-refractivity contribution >= 4 is 33.4 Å². The molecule has 1 N–H and O–H groups in total. The molecule has 0 unspecified atom stereocenters. The molecule has 0 aliphatic heterocycles. The highest BCUT2D eigenvalue weighted by Crippen LogP contribution is 2.25. The van der Waals surface area contributed by atoms with Crippen LogP contribution in [0.25, 0.3) is 27.5 Å². The van der Waals surface area contributed by atoms with E-state index in [1.165, 1.54) is 5.56 Å². The molecule has 0 atom stereocenters. The van der Waals surface area contributed by atoms with Crippen molar-refractivity contribution in [3.63, 3.8) is 0 Å². The second-order valence-corrected chi connectivity index (χ2v) is 7.53. The molecule has 0 saturated carbocycles. The molecule has 0 aliphatic carbocycles. The number of fused-ring (bicyclic) bond motifs is 2. The molecule has 5 rings (SSSR count). The predicted octanol–water partition coefficient (Wildman–Crippen LogP) is 5.15. The fourth-order valence-corrected chi connectivity index (χ4v) is 3.63. The molecular formula is C26H22N4O2. The molecule has 5 aromatic rings. The molecule has 0 radical (unpaired) electrons. The highest BCUT2D eigenvalue weighted by Gasteiger charge is 2.09. The molecule has 0 aliphatic rings. The molecule has 0 bridgehead atoms. The number of amides is 1. The number of anilines is 1. The second-order valence-electron chi connectivity index (χ2n) is 7.53. The van der Waals surface area contributed by atoms with Crippen molar-refractivity contribution in [1.82, 2.24) is 15.0 Å². The van der Waals surface area contributed by atoms with Crippen molar-refractivity contribution in [1.29, 1.82) is 0 Å². The summed E-state index contributed by atoms with van der Waals surface area (Å²) in [5.74, 6) is 0.450. The maximum Gasteiger partial charge on any atom is 0.262 e. The Labute approximate surface area is 185 Å². The molecule has 1 heterocycles. The zero-order valence-corrected chi connectivity index (χ0v) is 17.7. The number of hydrogen-bond donors (Lipinski definition) is 1. The minimum atomic E-state index is -0.236. The molecule has 0 saturated heterocycles. The largest absolute Gasteiger partial charge is 0.483 e. The summed E-state index contributed by atoms with van der Waals surface area (Å²) >= 11 is 0. The molecular weight excluding hydrogens is 400 g/mol. The highest BCUT2D eigenvalue weighted by atomic mass is 16.5. The Hall–Kier alpha value is -4.19. The lowest BCUT2D eigenvalue weighted by Crippen LogP contribution is -2.20. The number of hydrogen-bond acceptors (Lipinski definition) is 4. The number of nitrogens with zero attached hydrogens (tertiary/aromatic N) is 3. The lowest BCUT2D eigenvalue weighted by Gasteiger charge is -2.09. The summed E-state index contributed by atoms with van der Waals surface area (Å²) in [7, 11) is 0. The molecule has 1 aromatic heterocycles. The van der Waals surface area contributed by atoms with Crippen molar-refractivity contribution < 1.29 is 9.53 Å². The van der Waals surface area contributed by atoms with Crippen LogP contribution in [0.1, 0.15) is 12.5 Å². The molecule has 6 nitrogen and oxygen atoms in total. The predicted molar refractivity (Wildman–Crippen MR) is 126 cm³/mol. The van der Waals surface area contributed by atoms with Gasteiger partial charge in [-0.3, -0.25) is 4.79 Å². The minimum absolute atomic E-state index is 0.0808. The first-order chi connectivity index (χ1) is 15.7. The van der Waals surface area contributed by atoms with Gasteiger partial charge in [-0.1, -0.05) is 55.5 Å². The quantitative estimate of drug-likeness (QED) is 0.411. The van der Waals surface area contributed by atoms with Crippen molar-refractivity contribution in [2.75, 3.05) is 11.9 Å². The van der Waals surface area contributed by atoms with Gasteiger partial charge in [-0.15, -0.1) is 10.2 Å². The van der Waals surface area contributed by atoms with Gasteiger partial charge in [0.2, 0.25) is 0 Å². The van der Waals surface area contributed by atoms with Gasteiger partial charge in [0.05, 0.1) is 5.69 Å². The van der Waals surface area contributed by atoms with E-state index in [0.29, 0.717) is 17.0 Å². The summed E-state index contributed by atoms with van der Waals surface area (Å²) in [4.78, 5) is 14.1. The van der Waals surface area contributed by atoms with Gasteiger partial charge < -0.3 is 10.1 Å². The molecule has 32 heavy (non-hydrogen) atoms. The zero-order valence-electron chi connectivity index (χ0n) is 17.7. The average molecular weight is 422 g/mol. The SMILES string of the molecule is CCc1ccc(-n2nc3ccc(NC(=O)COc4cccc5ccccc45)cc3n2)cc1. The van der Waals surface area contributed by atoms with Crippen LogP contribution in [0, 0.1) is 0 Å². The Morgan fingerprint density at radius 1 is 0.906 bits per heavy atom. The number of rotatable bonds is 6. The van der Waals surface area contributed by atoms with Crippen LogP contribution in [0.5, 0.6) is 5.75 Å². The Morgan fingerprint density at radius 2 is 1.69 bits per heavy atom. The summed E-state index contributed by atoms with van der Waals surface area (Å²) in [6, 6.07) is 27.4. The molecule has 4 aromatic carbocycles. The van der Waals surface area contributed by atoms with Crippen LogP contribution in [0.2, 0.25) is 0 Å².